The molecule has 0 unspecified atom stereocenters. The predicted octanol–water partition coefficient (Wildman–Crippen LogP) is 3.66. The number of nitrogens with zero attached hydrogens (tertiary/aromatic N) is 1. The van der Waals surface area contributed by atoms with Gasteiger partial charge in [0.05, 0.1) is 6.26 Å². The van der Waals surface area contributed by atoms with E-state index in [1.165, 1.54) is 16.7 Å². The topological polar surface area (TPSA) is 69.0 Å². The van der Waals surface area contributed by atoms with Crippen molar-refractivity contribution in [1.82, 2.24) is 4.90 Å². The predicted molar refractivity (Wildman–Crippen MR) is 103 cm³/mol. The van der Waals surface area contributed by atoms with Crippen LogP contribution in [0.1, 0.15) is 26.6 Å². The van der Waals surface area contributed by atoms with Gasteiger partial charge in [-0.3, -0.25) is 4.79 Å². The molecule has 0 aliphatic carbocycles. The maximum absolute atomic E-state index is 12.4. The standard InChI is InChI=1S/C21H19NO5S/c23-19(22-9-6-18-15(12-22)8-11-28-18)14-27-21(24)20-16(7-10-25-20)13-26-17-4-2-1-3-5-17/h1-5,7-8,10-11H,6,9,12-14H2. The van der Waals surface area contributed by atoms with Crippen LogP contribution in [-0.2, 0) is 29.1 Å². The van der Waals surface area contributed by atoms with Crippen molar-refractivity contribution >= 4 is 23.2 Å². The number of para-hydroxylation sites is 1. The normalized spacial score (nSPS) is 13.1. The van der Waals surface area contributed by atoms with Gasteiger partial charge in [0.25, 0.3) is 5.91 Å². The molecule has 0 spiro atoms. The van der Waals surface area contributed by atoms with Crippen LogP contribution in [0.15, 0.2) is 58.5 Å². The number of furan rings is 1. The number of esters is 1. The minimum atomic E-state index is -0.668. The summed E-state index contributed by atoms with van der Waals surface area (Å²) in [6.07, 6.45) is 2.25. The molecule has 1 aromatic carbocycles. The van der Waals surface area contributed by atoms with Crippen molar-refractivity contribution in [1.29, 1.82) is 0 Å². The van der Waals surface area contributed by atoms with Crippen LogP contribution in [0, 0.1) is 0 Å². The number of carbonyl (C=O) groups excluding carboxylic acids is 2. The number of benzene rings is 1. The Morgan fingerprint density at radius 3 is 2.86 bits per heavy atom. The Kier molecular flexibility index (Phi) is 5.43. The first kappa shape index (κ1) is 18.3. The Morgan fingerprint density at radius 2 is 2.00 bits per heavy atom. The minimum Gasteiger partial charge on any atom is -0.489 e. The summed E-state index contributed by atoms with van der Waals surface area (Å²) in [4.78, 5) is 27.8. The number of amides is 1. The van der Waals surface area contributed by atoms with Crippen molar-refractivity contribution in [3.63, 3.8) is 0 Å². The largest absolute Gasteiger partial charge is 0.489 e. The molecule has 0 N–H and O–H groups in total. The lowest BCUT2D eigenvalue weighted by Gasteiger charge is -2.26. The van der Waals surface area contributed by atoms with Crippen LogP contribution in [0.2, 0.25) is 0 Å². The van der Waals surface area contributed by atoms with Crippen LogP contribution in [-0.4, -0.2) is 29.9 Å². The van der Waals surface area contributed by atoms with Gasteiger partial charge in [-0.15, -0.1) is 11.3 Å². The van der Waals surface area contributed by atoms with Crippen molar-refractivity contribution in [3.8, 4) is 5.75 Å². The Labute approximate surface area is 166 Å². The minimum absolute atomic E-state index is 0.0579. The second kappa shape index (κ2) is 8.31. The summed E-state index contributed by atoms with van der Waals surface area (Å²) in [5.74, 6) is -0.129. The molecule has 1 aliphatic rings. The lowest BCUT2D eigenvalue weighted by molar-refractivity contribution is -0.135. The van der Waals surface area contributed by atoms with E-state index in [4.69, 9.17) is 13.9 Å². The summed E-state index contributed by atoms with van der Waals surface area (Å²) in [7, 11) is 0. The van der Waals surface area contributed by atoms with Crippen LogP contribution in [0.4, 0.5) is 0 Å². The first-order valence-corrected chi connectivity index (χ1v) is 9.83. The van der Waals surface area contributed by atoms with E-state index in [1.54, 1.807) is 22.3 Å². The molecule has 0 saturated heterocycles. The third kappa shape index (κ3) is 4.09. The zero-order chi connectivity index (χ0) is 19.3. The van der Waals surface area contributed by atoms with Gasteiger partial charge in [0.2, 0.25) is 5.76 Å². The van der Waals surface area contributed by atoms with Crippen LogP contribution < -0.4 is 4.74 Å². The number of ether oxygens (including phenoxy) is 2. The number of hydrogen-bond donors (Lipinski definition) is 0. The Bertz CT molecular complexity index is 962. The quantitative estimate of drug-likeness (QED) is 0.594. The van der Waals surface area contributed by atoms with Gasteiger partial charge in [0.15, 0.2) is 6.61 Å². The van der Waals surface area contributed by atoms with Gasteiger partial charge >= 0.3 is 5.97 Å². The third-order valence-electron chi connectivity index (χ3n) is 4.56. The molecular formula is C21H19NO5S. The maximum atomic E-state index is 12.4. The molecule has 0 atom stereocenters. The van der Waals surface area contributed by atoms with Gasteiger partial charge in [-0.05, 0) is 41.6 Å². The van der Waals surface area contributed by atoms with Crippen LogP contribution in [0.25, 0.3) is 0 Å². The Balaban J connectivity index is 1.31. The molecule has 0 bridgehead atoms. The summed E-state index contributed by atoms with van der Waals surface area (Å²) in [5.41, 5.74) is 1.74. The van der Waals surface area contributed by atoms with Gasteiger partial charge in [-0.2, -0.15) is 0 Å². The average molecular weight is 397 g/mol. The highest BCUT2D eigenvalue weighted by atomic mass is 32.1. The monoisotopic (exact) mass is 397 g/mol. The summed E-state index contributed by atoms with van der Waals surface area (Å²) in [5, 5.41) is 2.04. The van der Waals surface area contributed by atoms with E-state index in [0.29, 0.717) is 24.4 Å². The molecule has 3 heterocycles. The van der Waals surface area contributed by atoms with E-state index in [9.17, 15) is 9.59 Å². The van der Waals surface area contributed by atoms with Gasteiger partial charge in [0, 0.05) is 23.5 Å². The molecule has 0 fully saturated rings. The summed E-state index contributed by atoms with van der Waals surface area (Å²) >= 11 is 1.71. The van der Waals surface area contributed by atoms with Crippen molar-refractivity contribution in [2.75, 3.05) is 13.2 Å². The van der Waals surface area contributed by atoms with Gasteiger partial charge in [-0.1, -0.05) is 18.2 Å². The molecule has 1 amide bonds. The summed E-state index contributed by atoms with van der Waals surface area (Å²) in [6, 6.07) is 13.0. The van der Waals surface area contributed by atoms with Crippen molar-refractivity contribution in [2.24, 2.45) is 0 Å². The van der Waals surface area contributed by atoms with E-state index in [1.807, 2.05) is 41.8 Å². The molecule has 6 nitrogen and oxygen atoms in total. The fourth-order valence-electron chi connectivity index (χ4n) is 3.05. The first-order chi connectivity index (χ1) is 13.7. The highest BCUT2D eigenvalue weighted by Gasteiger charge is 2.24. The van der Waals surface area contributed by atoms with Crippen molar-refractivity contribution in [2.45, 2.75) is 19.6 Å². The molecule has 0 saturated carbocycles. The van der Waals surface area contributed by atoms with E-state index in [0.717, 1.165) is 6.42 Å². The molecule has 0 radical (unpaired) electrons. The molecule has 1 aliphatic heterocycles. The Hall–Kier alpha value is -3.06. The lowest BCUT2D eigenvalue weighted by Crippen LogP contribution is -2.38. The summed E-state index contributed by atoms with van der Waals surface area (Å²) < 4.78 is 16.1. The smallest absolute Gasteiger partial charge is 0.375 e. The number of carbonyl (C=O) groups is 2. The van der Waals surface area contributed by atoms with Crippen molar-refractivity contribution in [3.05, 3.63) is 75.9 Å². The molecule has 144 valence electrons. The zero-order valence-corrected chi connectivity index (χ0v) is 15.9. The van der Waals surface area contributed by atoms with Crippen molar-refractivity contribution < 1.29 is 23.5 Å². The number of hydrogen-bond acceptors (Lipinski definition) is 6. The van der Waals surface area contributed by atoms with Crippen LogP contribution >= 0.6 is 11.3 Å². The number of rotatable bonds is 6. The van der Waals surface area contributed by atoms with Crippen LogP contribution in [0.3, 0.4) is 0 Å². The van der Waals surface area contributed by atoms with E-state index < -0.39 is 5.97 Å². The first-order valence-electron chi connectivity index (χ1n) is 8.95. The Morgan fingerprint density at radius 1 is 1.14 bits per heavy atom. The zero-order valence-electron chi connectivity index (χ0n) is 15.1. The van der Waals surface area contributed by atoms with E-state index in [2.05, 4.69) is 0 Å². The molecular weight excluding hydrogens is 378 g/mol. The second-order valence-electron chi connectivity index (χ2n) is 6.39. The molecule has 3 aromatic rings. The third-order valence-corrected chi connectivity index (χ3v) is 5.58. The van der Waals surface area contributed by atoms with E-state index >= 15 is 0 Å². The number of fused-ring (bicyclic) bond motifs is 1. The molecule has 2 aromatic heterocycles. The number of thiophene rings is 1. The lowest BCUT2D eigenvalue weighted by atomic mass is 10.1. The van der Waals surface area contributed by atoms with Gasteiger partial charge in [-0.25, -0.2) is 4.79 Å². The molecule has 28 heavy (non-hydrogen) atoms. The second-order valence-corrected chi connectivity index (χ2v) is 7.39. The molecule has 7 heteroatoms. The molecule has 4 rings (SSSR count). The van der Waals surface area contributed by atoms with Crippen LogP contribution in [0.5, 0.6) is 5.75 Å². The average Bonchev–Trinajstić information content (AvgIpc) is 3.39. The fourth-order valence-corrected chi connectivity index (χ4v) is 3.94. The SMILES string of the molecule is O=C(OCC(=O)N1CCc2sccc2C1)c1occc1COc1ccccc1. The van der Waals surface area contributed by atoms with E-state index in [-0.39, 0.29) is 24.9 Å². The maximum Gasteiger partial charge on any atom is 0.375 e. The summed E-state index contributed by atoms with van der Waals surface area (Å²) in [6.45, 7) is 1.07. The highest BCUT2D eigenvalue weighted by molar-refractivity contribution is 7.10. The highest BCUT2D eigenvalue weighted by Crippen LogP contribution is 2.24. The van der Waals surface area contributed by atoms with Gasteiger partial charge < -0.3 is 18.8 Å². The van der Waals surface area contributed by atoms with Gasteiger partial charge in [0.1, 0.15) is 12.4 Å². The fraction of sp³-hybridized carbons (Fsp3) is 0.238.